The van der Waals surface area contributed by atoms with Crippen LogP contribution in [0, 0.1) is 5.82 Å². The molecule has 2 aliphatic rings. The average molecular weight is 290 g/mol. The molecule has 0 bridgehead atoms. The van der Waals surface area contributed by atoms with Crippen LogP contribution in [-0.2, 0) is 9.53 Å². The molecule has 2 aliphatic heterocycles. The molecule has 3 rings (SSSR count). The fourth-order valence-corrected chi connectivity index (χ4v) is 2.84. The summed E-state index contributed by atoms with van der Waals surface area (Å²) in [5.74, 6) is -0.250. The van der Waals surface area contributed by atoms with Gasteiger partial charge in [-0.25, -0.2) is 4.39 Å². The van der Waals surface area contributed by atoms with Gasteiger partial charge in [-0.1, -0.05) is 24.3 Å². The molecular formula is C16H19FN2O2. The average Bonchev–Trinajstić information content (AvgIpc) is 2.88. The Bertz CT molecular complexity index is 532. The first-order valence-electron chi connectivity index (χ1n) is 7.20. The Morgan fingerprint density at radius 2 is 2.19 bits per heavy atom. The van der Waals surface area contributed by atoms with Gasteiger partial charge < -0.3 is 10.1 Å². The van der Waals surface area contributed by atoms with Crippen molar-refractivity contribution >= 4 is 12.0 Å². The molecule has 1 atom stereocenters. The summed E-state index contributed by atoms with van der Waals surface area (Å²) in [5.41, 5.74) is 0.781. The summed E-state index contributed by atoms with van der Waals surface area (Å²) in [4.78, 5) is 13.5. The molecule has 1 unspecified atom stereocenters. The Kier molecular flexibility index (Phi) is 4.03. The Balaban J connectivity index is 1.51. The highest BCUT2D eigenvalue weighted by atomic mass is 19.1. The first-order chi connectivity index (χ1) is 10.2. The van der Waals surface area contributed by atoms with Crippen molar-refractivity contribution in [1.82, 2.24) is 10.2 Å². The van der Waals surface area contributed by atoms with E-state index in [2.05, 4.69) is 16.3 Å². The molecule has 112 valence electrons. The zero-order chi connectivity index (χ0) is 14.7. The van der Waals surface area contributed by atoms with E-state index in [1.807, 2.05) is 6.08 Å². The number of carbonyl (C=O) groups is 1. The molecule has 2 heterocycles. The number of halogens is 1. The molecule has 21 heavy (non-hydrogen) atoms. The van der Waals surface area contributed by atoms with Gasteiger partial charge in [0.1, 0.15) is 12.4 Å². The largest absolute Gasteiger partial charge is 0.362 e. The highest BCUT2D eigenvalue weighted by Crippen LogP contribution is 2.26. The van der Waals surface area contributed by atoms with Crippen molar-refractivity contribution in [2.75, 3.05) is 32.8 Å². The Morgan fingerprint density at radius 1 is 1.38 bits per heavy atom. The van der Waals surface area contributed by atoms with Crippen LogP contribution in [0.5, 0.6) is 0 Å². The normalized spacial score (nSPS) is 26.6. The molecule has 1 aromatic carbocycles. The zero-order valence-electron chi connectivity index (χ0n) is 11.8. The van der Waals surface area contributed by atoms with Gasteiger partial charge in [-0.3, -0.25) is 9.69 Å². The standard InChI is InChI=1S/C16H19FN2O2/c17-14-5-3-13(4-6-14)2-1-8-19-9-7-16(12-19)11-18-15(20)10-21-16/h1-6H,7-12H2,(H,18,20)/b2-1+. The van der Waals surface area contributed by atoms with Crippen molar-refractivity contribution in [2.45, 2.75) is 12.0 Å². The maximum atomic E-state index is 12.8. The van der Waals surface area contributed by atoms with E-state index in [1.165, 1.54) is 12.1 Å². The molecule has 0 aromatic heterocycles. The number of likely N-dealkylation sites (tertiary alicyclic amines) is 1. The van der Waals surface area contributed by atoms with E-state index < -0.39 is 0 Å². The monoisotopic (exact) mass is 290 g/mol. The van der Waals surface area contributed by atoms with Crippen molar-refractivity contribution in [3.63, 3.8) is 0 Å². The van der Waals surface area contributed by atoms with E-state index in [9.17, 15) is 9.18 Å². The number of hydrogen-bond acceptors (Lipinski definition) is 3. The number of carbonyl (C=O) groups excluding carboxylic acids is 1. The predicted molar refractivity (Wildman–Crippen MR) is 78.2 cm³/mol. The van der Waals surface area contributed by atoms with Crippen LogP contribution in [0.3, 0.4) is 0 Å². The third-order valence-corrected chi connectivity index (χ3v) is 4.06. The molecule has 1 aromatic rings. The highest BCUT2D eigenvalue weighted by molar-refractivity contribution is 5.78. The summed E-state index contributed by atoms with van der Waals surface area (Å²) in [6.07, 6.45) is 5.01. The second kappa shape index (κ2) is 5.95. The van der Waals surface area contributed by atoms with E-state index in [0.29, 0.717) is 6.54 Å². The minimum Gasteiger partial charge on any atom is -0.362 e. The maximum absolute atomic E-state index is 12.8. The summed E-state index contributed by atoms with van der Waals surface area (Å²) in [6, 6.07) is 6.44. The topological polar surface area (TPSA) is 41.6 Å². The number of hydrogen-bond donors (Lipinski definition) is 1. The van der Waals surface area contributed by atoms with Crippen molar-refractivity contribution in [1.29, 1.82) is 0 Å². The van der Waals surface area contributed by atoms with Crippen molar-refractivity contribution in [2.24, 2.45) is 0 Å². The number of rotatable bonds is 3. The maximum Gasteiger partial charge on any atom is 0.246 e. The molecule has 0 saturated carbocycles. The second-order valence-corrected chi connectivity index (χ2v) is 5.69. The van der Waals surface area contributed by atoms with Crippen LogP contribution in [0.4, 0.5) is 4.39 Å². The summed E-state index contributed by atoms with van der Waals surface area (Å²) in [6.45, 7) is 3.39. The number of nitrogens with one attached hydrogen (secondary N) is 1. The Morgan fingerprint density at radius 3 is 2.90 bits per heavy atom. The lowest BCUT2D eigenvalue weighted by Gasteiger charge is -2.33. The van der Waals surface area contributed by atoms with Gasteiger partial charge in [0.05, 0.1) is 5.60 Å². The van der Waals surface area contributed by atoms with Crippen LogP contribution >= 0.6 is 0 Å². The van der Waals surface area contributed by atoms with E-state index in [-0.39, 0.29) is 23.9 Å². The van der Waals surface area contributed by atoms with E-state index >= 15 is 0 Å². The number of benzene rings is 1. The third-order valence-electron chi connectivity index (χ3n) is 4.06. The summed E-state index contributed by atoms with van der Waals surface area (Å²) >= 11 is 0. The summed E-state index contributed by atoms with van der Waals surface area (Å²) in [5, 5.41) is 2.88. The van der Waals surface area contributed by atoms with Crippen molar-refractivity contribution in [3.8, 4) is 0 Å². The first-order valence-corrected chi connectivity index (χ1v) is 7.20. The van der Waals surface area contributed by atoms with Crippen LogP contribution in [0.25, 0.3) is 6.08 Å². The van der Waals surface area contributed by atoms with Crippen LogP contribution in [0.15, 0.2) is 30.3 Å². The SMILES string of the molecule is O=C1COC2(CCN(C/C=C/c3ccc(F)cc3)C2)CN1. The van der Waals surface area contributed by atoms with E-state index in [4.69, 9.17) is 4.74 Å². The molecule has 0 radical (unpaired) electrons. The van der Waals surface area contributed by atoms with Crippen LogP contribution in [0.2, 0.25) is 0 Å². The third kappa shape index (κ3) is 3.49. The van der Waals surface area contributed by atoms with Gasteiger partial charge in [0.2, 0.25) is 5.91 Å². The summed E-state index contributed by atoms with van der Waals surface area (Å²) < 4.78 is 18.5. The zero-order valence-corrected chi connectivity index (χ0v) is 11.8. The van der Waals surface area contributed by atoms with Crippen LogP contribution in [0.1, 0.15) is 12.0 Å². The summed E-state index contributed by atoms with van der Waals surface area (Å²) in [7, 11) is 0. The molecule has 1 spiro atoms. The fraction of sp³-hybridized carbons (Fsp3) is 0.438. The molecule has 2 fully saturated rings. The lowest BCUT2D eigenvalue weighted by Crippen LogP contribution is -2.53. The van der Waals surface area contributed by atoms with E-state index in [0.717, 1.165) is 31.6 Å². The fourth-order valence-electron chi connectivity index (χ4n) is 2.84. The predicted octanol–water partition coefficient (Wildman–Crippen LogP) is 1.43. The minimum absolute atomic E-state index is 0.0321. The molecular weight excluding hydrogens is 271 g/mol. The van der Waals surface area contributed by atoms with Gasteiger partial charge in [-0.05, 0) is 24.1 Å². The van der Waals surface area contributed by atoms with Gasteiger partial charge in [-0.2, -0.15) is 0 Å². The Hall–Kier alpha value is -1.72. The molecule has 2 saturated heterocycles. The van der Waals surface area contributed by atoms with Crippen molar-refractivity contribution in [3.05, 3.63) is 41.7 Å². The van der Waals surface area contributed by atoms with Gasteiger partial charge in [-0.15, -0.1) is 0 Å². The quantitative estimate of drug-likeness (QED) is 0.915. The van der Waals surface area contributed by atoms with Crippen molar-refractivity contribution < 1.29 is 13.9 Å². The highest BCUT2D eigenvalue weighted by Gasteiger charge is 2.41. The molecule has 1 amide bonds. The Labute approximate surface area is 123 Å². The number of nitrogens with zero attached hydrogens (tertiary/aromatic N) is 1. The number of ether oxygens (including phenoxy) is 1. The van der Waals surface area contributed by atoms with Gasteiger partial charge in [0, 0.05) is 26.2 Å². The van der Waals surface area contributed by atoms with Gasteiger partial charge in [0.15, 0.2) is 0 Å². The van der Waals surface area contributed by atoms with Crippen LogP contribution < -0.4 is 5.32 Å². The minimum atomic E-state index is -0.217. The smallest absolute Gasteiger partial charge is 0.246 e. The van der Waals surface area contributed by atoms with Gasteiger partial charge in [0.25, 0.3) is 0 Å². The number of morpholine rings is 1. The lowest BCUT2D eigenvalue weighted by molar-refractivity contribution is -0.142. The van der Waals surface area contributed by atoms with Crippen LogP contribution in [-0.4, -0.2) is 49.2 Å². The molecule has 0 aliphatic carbocycles. The first kappa shape index (κ1) is 14.2. The molecule has 4 nitrogen and oxygen atoms in total. The number of amides is 1. The molecule has 5 heteroatoms. The van der Waals surface area contributed by atoms with Gasteiger partial charge >= 0.3 is 0 Å². The second-order valence-electron chi connectivity index (χ2n) is 5.69. The lowest BCUT2D eigenvalue weighted by atomic mass is 10.0. The van der Waals surface area contributed by atoms with E-state index in [1.54, 1.807) is 12.1 Å². The molecule has 1 N–H and O–H groups in total.